The van der Waals surface area contributed by atoms with Crippen molar-refractivity contribution in [2.24, 2.45) is 5.92 Å². The highest BCUT2D eigenvalue weighted by atomic mass is 19.2. The van der Waals surface area contributed by atoms with E-state index in [0.29, 0.717) is 25.9 Å². The zero-order chi connectivity index (χ0) is 18.7. The molecule has 2 amide bonds. The molecule has 136 valence electrons. The molecule has 0 saturated carbocycles. The molecule has 1 aliphatic rings. The minimum Gasteiger partial charge on any atom is -0.339 e. The normalized spacial score (nSPS) is 15.0. The highest BCUT2D eigenvalue weighted by Gasteiger charge is 2.28. The van der Waals surface area contributed by atoms with E-state index < -0.39 is 11.6 Å². The number of benzene rings is 2. The molecule has 1 aliphatic heterocycles. The Bertz CT molecular complexity index is 830. The highest BCUT2D eigenvalue weighted by Crippen LogP contribution is 2.22. The minimum atomic E-state index is -1.04. The molecular formula is C20H20F2N2O2. The summed E-state index contributed by atoms with van der Waals surface area (Å²) in [6.07, 6.45) is 1.07. The quantitative estimate of drug-likeness (QED) is 0.908. The predicted octanol–water partition coefficient (Wildman–Crippen LogP) is 3.76. The smallest absolute Gasteiger partial charge is 0.253 e. The number of aryl methyl sites for hydroxylation is 1. The van der Waals surface area contributed by atoms with Crippen molar-refractivity contribution in [2.75, 3.05) is 18.4 Å². The van der Waals surface area contributed by atoms with Crippen LogP contribution in [0.4, 0.5) is 14.5 Å². The second-order valence-corrected chi connectivity index (χ2v) is 6.55. The average Bonchev–Trinajstić information content (AvgIpc) is 2.63. The number of carbonyl (C=O) groups excluding carboxylic acids is 2. The van der Waals surface area contributed by atoms with Gasteiger partial charge in [-0.15, -0.1) is 0 Å². The van der Waals surface area contributed by atoms with Crippen molar-refractivity contribution < 1.29 is 18.4 Å². The first kappa shape index (κ1) is 18.0. The van der Waals surface area contributed by atoms with Gasteiger partial charge in [0, 0.05) is 30.3 Å². The van der Waals surface area contributed by atoms with Gasteiger partial charge >= 0.3 is 0 Å². The Labute approximate surface area is 150 Å². The maximum atomic E-state index is 13.3. The maximum absolute atomic E-state index is 13.3. The van der Waals surface area contributed by atoms with Crippen molar-refractivity contribution in [3.05, 3.63) is 65.2 Å². The number of anilines is 1. The van der Waals surface area contributed by atoms with Gasteiger partial charge in [-0.3, -0.25) is 9.59 Å². The average molecular weight is 358 g/mol. The van der Waals surface area contributed by atoms with Crippen LogP contribution in [-0.2, 0) is 4.79 Å². The van der Waals surface area contributed by atoms with Gasteiger partial charge in [-0.05, 0) is 55.7 Å². The molecule has 1 saturated heterocycles. The molecule has 0 radical (unpaired) electrons. The summed E-state index contributed by atoms with van der Waals surface area (Å²) in [5, 5.41) is 2.91. The number of nitrogens with one attached hydrogen (secondary N) is 1. The van der Waals surface area contributed by atoms with Crippen LogP contribution in [0.5, 0.6) is 0 Å². The van der Waals surface area contributed by atoms with Gasteiger partial charge < -0.3 is 10.2 Å². The molecule has 1 N–H and O–H groups in total. The van der Waals surface area contributed by atoms with Gasteiger partial charge in [0.1, 0.15) is 0 Å². The number of piperidine rings is 1. The fourth-order valence-electron chi connectivity index (χ4n) is 3.12. The summed E-state index contributed by atoms with van der Waals surface area (Å²) in [7, 11) is 0. The topological polar surface area (TPSA) is 49.4 Å². The lowest BCUT2D eigenvalue weighted by Gasteiger charge is -2.31. The van der Waals surface area contributed by atoms with E-state index in [4.69, 9.17) is 0 Å². The fraction of sp³-hybridized carbons (Fsp3) is 0.300. The van der Waals surface area contributed by atoms with E-state index >= 15 is 0 Å². The van der Waals surface area contributed by atoms with Crippen LogP contribution in [0.2, 0.25) is 0 Å². The standard InChI is InChI=1S/C20H20F2N2O2/c1-13-3-2-4-16(11-13)23-19(25)14-7-9-24(10-8-14)20(26)15-5-6-17(21)18(22)12-15/h2-6,11-12,14H,7-10H2,1H3,(H,23,25). The number of nitrogens with zero attached hydrogens (tertiary/aromatic N) is 1. The van der Waals surface area contributed by atoms with Gasteiger partial charge in [0.25, 0.3) is 5.91 Å². The summed E-state index contributed by atoms with van der Waals surface area (Å²) in [4.78, 5) is 26.4. The first-order valence-corrected chi connectivity index (χ1v) is 8.56. The Morgan fingerprint density at radius 1 is 1.04 bits per heavy atom. The molecule has 0 aromatic heterocycles. The van der Waals surface area contributed by atoms with Crippen LogP contribution in [0.3, 0.4) is 0 Å². The van der Waals surface area contributed by atoms with Crippen LogP contribution >= 0.6 is 0 Å². The lowest BCUT2D eigenvalue weighted by Crippen LogP contribution is -2.41. The number of halogens is 2. The summed E-state index contributed by atoms with van der Waals surface area (Å²) >= 11 is 0. The summed E-state index contributed by atoms with van der Waals surface area (Å²) in [5.74, 6) is -2.60. The van der Waals surface area contributed by atoms with E-state index in [0.717, 1.165) is 23.4 Å². The number of hydrogen-bond acceptors (Lipinski definition) is 2. The minimum absolute atomic E-state index is 0.0597. The zero-order valence-electron chi connectivity index (χ0n) is 14.5. The van der Waals surface area contributed by atoms with Crippen LogP contribution in [0.1, 0.15) is 28.8 Å². The predicted molar refractivity (Wildman–Crippen MR) is 94.8 cm³/mol. The molecule has 26 heavy (non-hydrogen) atoms. The monoisotopic (exact) mass is 358 g/mol. The number of amides is 2. The highest BCUT2D eigenvalue weighted by molar-refractivity contribution is 5.95. The number of carbonyl (C=O) groups is 2. The molecule has 1 fully saturated rings. The molecule has 2 aromatic rings. The molecule has 2 aromatic carbocycles. The maximum Gasteiger partial charge on any atom is 0.253 e. The molecule has 3 rings (SSSR count). The molecule has 4 nitrogen and oxygen atoms in total. The van der Waals surface area contributed by atoms with E-state index in [-0.39, 0.29) is 23.3 Å². The Morgan fingerprint density at radius 2 is 1.77 bits per heavy atom. The largest absolute Gasteiger partial charge is 0.339 e. The first-order valence-electron chi connectivity index (χ1n) is 8.56. The second-order valence-electron chi connectivity index (χ2n) is 6.55. The van der Waals surface area contributed by atoms with E-state index in [1.54, 1.807) is 4.90 Å². The van der Waals surface area contributed by atoms with Crippen molar-refractivity contribution in [1.82, 2.24) is 4.90 Å². The van der Waals surface area contributed by atoms with Crippen molar-refractivity contribution in [2.45, 2.75) is 19.8 Å². The summed E-state index contributed by atoms with van der Waals surface area (Å²) in [5.41, 5.74) is 1.94. The van der Waals surface area contributed by atoms with Gasteiger partial charge in [-0.25, -0.2) is 8.78 Å². The first-order chi connectivity index (χ1) is 12.4. The van der Waals surface area contributed by atoms with Crippen LogP contribution in [0.15, 0.2) is 42.5 Å². The Hall–Kier alpha value is -2.76. The third-order valence-corrected chi connectivity index (χ3v) is 4.61. The molecule has 6 heteroatoms. The zero-order valence-corrected chi connectivity index (χ0v) is 14.5. The third-order valence-electron chi connectivity index (χ3n) is 4.61. The molecular weight excluding hydrogens is 338 g/mol. The molecule has 0 bridgehead atoms. The van der Waals surface area contributed by atoms with E-state index in [2.05, 4.69) is 5.32 Å². The van der Waals surface area contributed by atoms with Crippen molar-refractivity contribution >= 4 is 17.5 Å². The lowest BCUT2D eigenvalue weighted by molar-refractivity contribution is -0.121. The van der Waals surface area contributed by atoms with Crippen LogP contribution in [-0.4, -0.2) is 29.8 Å². The van der Waals surface area contributed by atoms with Gasteiger partial charge in [0.05, 0.1) is 0 Å². The third kappa shape index (κ3) is 4.07. The number of rotatable bonds is 3. The van der Waals surface area contributed by atoms with Gasteiger partial charge in [-0.2, -0.15) is 0 Å². The Kier molecular flexibility index (Phi) is 5.30. The van der Waals surface area contributed by atoms with E-state index in [9.17, 15) is 18.4 Å². The SMILES string of the molecule is Cc1cccc(NC(=O)C2CCN(C(=O)c3ccc(F)c(F)c3)CC2)c1. The number of hydrogen-bond donors (Lipinski definition) is 1. The summed E-state index contributed by atoms with van der Waals surface area (Å²) in [6.45, 7) is 2.77. The van der Waals surface area contributed by atoms with E-state index in [1.807, 2.05) is 31.2 Å². The van der Waals surface area contributed by atoms with Gasteiger partial charge in [0.15, 0.2) is 11.6 Å². The van der Waals surface area contributed by atoms with Crippen LogP contribution < -0.4 is 5.32 Å². The molecule has 0 atom stereocenters. The van der Waals surface area contributed by atoms with E-state index in [1.165, 1.54) is 6.07 Å². The molecule has 0 spiro atoms. The van der Waals surface area contributed by atoms with Crippen LogP contribution in [0.25, 0.3) is 0 Å². The molecule has 1 heterocycles. The summed E-state index contributed by atoms with van der Waals surface area (Å²) < 4.78 is 26.3. The molecule has 0 aliphatic carbocycles. The van der Waals surface area contributed by atoms with Crippen LogP contribution in [0, 0.1) is 24.5 Å². The van der Waals surface area contributed by atoms with Gasteiger partial charge in [-0.1, -0.05) is 12.1 Å². The summed E-state index contributed by atoms with van der Waals surface area (Å²) in [6, 6.07) is 10.7. The number of likely N-dealkylation sites (tertiary alicyclic amines) is 1. The fourth-order valence-corrected chi connectivity index (χ4v) is 3.12. The lowest BCUT2D eigenvalue weighted by atomic mass is 9.95. The molecule has 0 unspecified atom stereocenters. The van der Waals surface area contributed by atoms with Crippen molar-refractivity contribution in [3.8, 4) is 0 Å². The Morgan fingerprint density at radius 3 is 2.42 bits per heavy atom. The second kappa shape index (κ2) is 7.64. The Balaban J connectivity index is 1.57. The van der Waals surface area contributed by atoms with Crippen molar-refractivity contribution in [1.29, 1.82) is 0 Å². The van der Waals surface area contributed by atoms with Gasteiger partial charge in [0.2, 0.25) is 5.91 Å². The van der Waals surface area contributed by atoms with Crippen molar-refractivity contribution in [3.63, 3.8) is 0 Å².